The summed E-state index contributed by atoms with van der Waals surface area (Å²) in [6.07, 6.45) is 8.92. The number of carbonyl (C=O) groups excluding carboxylic acids is 1. The summed E-state index contributed by atoms with van der Waals surface area (Å²) >= 11 is 0. The van der Waals surface area contributed by atoms with E-state index in [9.17, 15) is 15.0 Å². The predicted molar refractivity (Wildman–Crippen MR) is 141 cm³/mol. The second-order valence-corrected chi connectivity index (χ2v) is 11.0. The Morgan fingerprint density at radius 2 is 1.97 bits per heavy atom. The minimum Gasteiger partial charge on any atom is -0.508 e. The van der Waals surface area contributed by atoms with Crippen LogP contribution in [0.3, 0.4) is 0 Å². The summed E-state index contributed by atoms with van der Waals surface area (Å²) in [5, 5.41) is 22.5. The Labute approximate surface area is 214 Å². The maximum Gasteiger partial charge on any atom is 0.246 e. The SMILES string of the molecule is COc1cccc(C=CC(=O)N(C)[C@H]2CC[C@]3(O)CN(CC4CC4)CC[C@@]3(c3cccc(O)c3)C2)c1. The number of phenols is 1. The Morgan fingerprint density at radius 1 is 1.17 bits per heavy atom. The van der Waals surface area contributed by atoms with E-state index in [0.29, 0.717) is 19.4 Å². The van der Waals surface area contributed by atoms with E-state index in [2.05, 4.69) is 4.90 Å². The van der Waals surface area contributed by atoms with E-state index in [1.54, 1.807) is 19.3 Å². The number of likely N-dealkylation sites (N-methyl/N-ethyl adjacent to an activating group) is 1. The van der Waals surface area contributed by atoms with Gasteiger partial charge in [-0.2, -0.15) is 0 Å². The Balaban J connectivity index is 1.37. The zero-order chi connectivity index (χ0) is 25.3. The van der Waals surface area contributed by atoms with Crippen LogP contribution in [-0.4, -0.2) is 71.4 Å². The molecule has 2 aromatic rings. The number of methoxy groups -OCH3 is 1. The van der Waals surface area contributed by atoms with Gasteiger partial charge in [-0.05, 0) is 92.5 Å². The fraction of sp³-hybridized carbons (Fsp3) is 0.500. The Hall–Kier alpha value is -2.83. The van der Waals surface area contributed by atoms with Crippen LogP contribution in [0.5, 0.6) is 11.5 Å². The Bertz CT molecular complexity index is 1130. The molecule has 2 aliphatic carbocycles. The molecule has 192 valence electrons. The van der Waals surface area contributed by atoms with Gasteiger partial charge in [-0.25, -0.2) is 0 Å². The van der Waals surface area contributed by atoms with Crippen molar-refractivity contribution in [2.45, 2.75) is 55.6 Å². The van der Waals surface area contributed by atoms with E-state index in [1.807, 2.05) is 60.5 Å². The summed E-state index contributed by atoms with van der Waals surface area (Å²) in [7, 11) is 3.50. The van der Waals surface area contributed by atoms with Crippen molar-refractivity contribution >= 4 is 12.0 Å². The molecule has 0 radical (unpaired) electrons. The number of ether oxygens (including phenoxy) is 1. The third-order valence-electron chi connectivity index (χ3n) is 8.73. The summed E-state index contributed by atoms with van der Waals surface area (Å²) in [5.41, 5.74) is 0.506. The molecule has 0 bridgehead atoms. The zero-order valence-electron chi connectivity index (χ0n) is 21.4. The van der Waals surface area contributed by atoms with Crippen molar-refractivity contribution in [2.24, 2.45) is 5.92 Å². The highest BCUT2D eigenvalue weighted by molar-refractivity contribution is 5.91. The average molecular weight is 491 g/mol. The van der Waals surface area contributed by atoms with E-state index in [4.69, 9.17) is 4.74 Å². The highest BCUT2D eigenvalue weighted by Gasteiger charge is 2.58. The van der Waals surface area contributed by atoms with E-state index in [1.165, 1.54) is 12.8 Å². The number of carbonyl (C=O) groups is 1. The number of β-amino-alcohol motifs (C(OH)–C–C–N with tert-alkyl or cyclic N) is 1. The quantitative estimate of drug-likeness (QED) is 0.569. The lowest BCUT2D eigenvalue weighted by molar-refractivity contribution is -0.144. The number of nitrogens with zero attached hydrogens (tertiary/aromatic N) is 2. The Morgan fingerprint density at radius 3 is 2.72 bits per heavy atom. The lowest BCUT2D eigenvalue weighted by Gasteiger charge is -2.59. The first-order valence-electron chi connectivity index (χ1n) is 13.2. The van der Waals surface area contributed by atoms with Crippen LogP contribution in [0.1, 0.15) is 49.7 Å². The third kappa shape index (κ3) is 4.89. The number of benzene rings is 2. The molecule has 3 fully saturated rings. The summed E-state index contributed by atoms with van der Waals surface area (Å²) in [5.74, 6) is 1.70. The highest BCUT2D eigenvalue weighted by Crippen LogP contribution is 2.53. The number of aromatic hydroxyl groups is 1. The number of hydrogen-bond acceptors (Lipinski definition) is 5. The number of rotatable bonds is 7. The van der Waals surface area contributed by atoms with Crippen molar-refractivity contribution in [3.05, 3.63) is 65.7 Å². The van der Waals surface area contributed by atoms with Crippen LogP contribution in [0.4, 0.5) is 0 Å². The predicted octanol–water partition coefficient (Wildman–Crippen LogP) is 4.21. The number of phenolic OH excluding ortho intramolecular Hbond substituents is 1. The number of fused-ring (bicyclic) bond motifs is 1. The molecule has 1 saturated heterocycles. The number of hydrogen-bond donors (Lipinski definition) is 2. The lowest BCUT2D eigenvalue weighted by atomic mass is 9.55. The molecule has 3 aliphatic rings. The molecule has 0 unspecified atom stereocenters. The molecule has 1 heterocycles. The maximum absolute atomic E-state index is 13.2. The van der Waals surface area contributed by atoms with Crippen molar-refractivity contribution in [1.82, 2.24) is 9.80 Å². The van der Waals surface area contributed by atoms with Crippen LogP contribution < -0.4 is 4.74 Å². The summed E-state index contributed by atoms with van der Waals surface area (Å²) < 4.78 is 5.28. The van der Waals surface area contributed by atoms with E-state index < -0.39 is 11.0 Å². The van der Waals surface area contributed by atoms with Crippen molar-refractivity contribution in [2.75, 3.05) is 33.8 Å². The number of piperidine rings is 1. The van der Waals surface area contributed by atoms with Gasteiger partial charge in [0.05, 0.1) is 12.7 Å². The molecular weight excluding hydrogens is 452 g/mol. The van der Waals surface area contributed by atoms with Crippen LogP contribution in [0.25, 0.3) is 6.08 Å². The minimum absolute atomic E-state index is 0.00469. The molecule has 36 heavy (non-hydrogen) atoms. The zero-order valence-corrected chi connectivity index (χ0v) is 21.4. The molecule has 2 N–H and O–H groups in total. The van der Waals surface area contributed by atoms with Gasteiger partial charge in [-0.1, -0.05) is 24.3 Å². The summed E-state index contributed by atoms with van der Waals surface area (Å²) in [6, 6.07) is 15.0. The van der Waals surface area contributed by atoms with Gasteiger partial charge < -0.3 is 24.7 Å². The van der Waals surface area contributed by atoms with Gasteiger partial charge in [0.1, 0.15) is 11.5 Å². The average Bonchev–Trinajstić information content (AvgIpc) is 3.70. The minimum atomic E-state index is -0.884. The Kier molecular flexibility index (Phi) is 6.84. The van der Waals surface area contributed by atoms with Crippen molar-refractivity contribution in [1.29, 1.82) is 0 Å². The van der Waals surface area contributed by atoms with Gasteiger partial charge in [0.25, 0.3) is 0 Å². The molecule has 2 aromatic carbocycles. The van der Waals surface area contributed by atoms with Crippen LogP contribution in [0.15, 0.2) is 54.6 Å². The fourth-order valence-corrected chi connectivity index (χ4v) is 6.40. The third-order valence-corrected chi connectivity index (χ3v) is 8.73. The van der Waals surface area contributed by atoms with Crippen LogP contribution in [0, 0.1) is 5.92 Å². The maximum atomic E-state index is 13.2. The smallest absolute Gasteiger partial charge is 0.246 e. The monoisotopic (exact) mass is 490 g/mol. The van der Waals surface area contributed by atoms with Crippen molar-refractivity contribution < 1.29 is 19.7 Å². The number of aliphatic hydroxyl groups is 1. The molecule has 1 aliphatic heterocycles. The standard InChI is InChI=1S/C30H38N2O4/c1-31(28(34)12-11-22-5-3-8-27(17-22)36-2)25-13-14-30(35)21-32(20-23-9-10-23)16-15-29(30,19-25)24-6-4-7-26(33)18-24/h3-8,11-12,17-18,23,25,33,35H,9-10,13-16,19-21H2,1-2H3/t25-,29-,30-/m0/s1. The summed E-state index contributed by atoms with van der Waals surface area (Å²) in [6.45, 7) is 2.64. The molecule has 2 saturated carbocycles. The van der Waals surface area contributed by atoms with E-state index >= 15 is 0 Å². The molecule has 5 rings (SSSR count). The molecule has 0 aromatic heterocycles. The molecule has 1 amide bonds. The first kappa shape index (κ1) is 24.8. The first-order valence-corrected chi connectivity index (χ1v) is 13.2. The van der Waals surface area contributed by atoms with Gasteiger partial charge in [0.15, 0.2) is 0 Å². The van der Waals surface area contributed by atoms with E-state index in [0.717, 1.165) is 48.7 Å². The number of likely N-dealkylation sites (tertiary alicyclic amines) is 1. The first-order chi connectivity index (χ1) is 17.3. The molecule has 6 heteroatoms. The molecule has 6 nitrogen and oxygen atoms in total. The molecule has 0 spiro atoms. The summed E-state index contributed by atoms with van der Waals surface area (Å²) in [4.78, 5) is 17.4. The van der Waals surface area contributed by atoms with Crippen LogP contribution >= 0.6 is 0 Å². The van der Waals surface area contributed by atoms with Gasteiger partial charge in [-0.15, -0.1) is 0 Å². The lowest BCUT2D eigenvalue weighted by Crippen LogP contribution is -2.67. The van der Waals surface area contributed by atoms with E-state index in [-0.39, 0.29) is 17.7 Å². The van der Waals surface area contributed by atoms with Gasteiger partial charge >= 0.3 is 0 Å². The van der Waals surface area contributed by atoms with Crippen molar-refractivity contribution in [3.63, 3.8) is 0 Å². The van der Waals surface area contributed by atoms with Crippen LogP contribution in [0.2, 0.25) is 0 Å². The second-order valence-electron chi connectivity index (χ2n) is 11.0. The van der Waals surface area contributed by atoms with Crippen molar-refractivity contribution in [3.8, 4) is 11.5 Å². The van der Waals surface area contributed by atoms with Gasteiger partial charge in [0.2, 0.25) is 5.91 Å². The fourth-order valence-electron chi connectivity index (χ4n) is 6.40. The van der Waals surface area contributed by atoms with Crippen LogP contribution in [-0.2, 0) is 10.2 Å². The van der Waals surface area contributed by atoms with Gasteiger partial charge in [-0.3, -0.25) is 4.79 Å². The molecule has 3 atom stereocenters. The largest absolute Gasteiger partial charge is 0.508 e. The highest BCUT2D eigenvalue weighted by atomic mass is 16.5. The second kappa shape index (κ2) is 9.91. The normalized spacial score (nSPS) is 28.6. The molecular formula is C30H38N2O4. The van der Waals surface area contributed by atoms with Gasteiger partial charge in [0, 0.05) is 37.7 Å². The topological polar surface area (TPSA) is 73.2 Å². The number of amides is 1.